The summed E-state index contributed by atoms with van der Waals surface area (Å²) in [6.45, 7) is 4.87. The average Bonchev–Trinajstić information content (AvgIpc) is 2.16. The maximum Gasteiger partial charge on any atom is 0.162 e. The lowest BCUT2D eigenvalue weighted by molar-refractivity contribution is -0.124. The van der Waals surface area contributed by atoms with Crippen molar-refractivity contribution in [2.75, 3.05) is 0 Å². The van der Waals surface area contributed by atoms with Crippen molar-refractivity contribution in [3.05, 3.63) is 12.7 Å². The van der Waals surface area contributed by atoms with E-state index in [0.717, 1.165) is 19.3 Å². The fourth-order valence-corrected chi connectivity index (χ4v) is 1.23. The molecule has 0 rings (SSSR count). The SMILES string of the molecule is C=CC(=O)CC(=O)CCCCCC(C)=O. The van der Waals surface area contributed by atoms with Gasteiger partial charge in [-0.15, -0.1) is 0 Å². The molecule has 0 N–H and O–H groups in total. The zero-order valence-electron chi connectivity index (χ0n) is 9.25. The Balaban J connectivity index is 3.43. The molecule has 0 atom stereocenters. The molecular weight excluding hydrogens is 192 g/mol. The Labute approximate surface area is 90.5 Å². The summed E-state index contributed by atoms with van der Waals surface area (Å²) in [5.41, 5.74) is 0. The highest BCUT2D eigenvalue weighted by molar-refractivity contribution is 6.04. The molecule has 0 radical (unpaired) electrons. The molecule has 15 heavy (non-hydrogen) atoms. The van der Waals surface area contributed by atoms with Crippen molar-refractivity contribution in [2.24, 2.45) is 0 Å². The van der Waals surface area contributed by atoms with Crippen LogP contribution in [0.1, 0.15) is 45.4 Å². The molecule has 3 heteroatoms. The van der Waals surface area contributed by atoms with Gasteiger partial charge < -0.3 is 4.79 Å². The number of carbonyl (C=O) groups is 3. The smallest absolute Gasteiger partial charge is 0.162 e. The van der Waals surface area contributed by atoms with Gasteiger partial charge in [-0.3, -0.25) is 9.59 Å². The summed E-state index contributed by atoms with van der Waals surface area (Å²) in [6.07, 6.45) is 4.61. The average molecular weight is 210 g/mol. The van der Waals surface area contributed by atoms with Gasteiger partial charge in [0.1, 0.15) is 11.6 Å². The van der Waals surface area contributed by atoms with E-state index >= 15 is 0 Å². The van der Waals surface area contributed by atoms with Gasteiger partial charge in [0.2, 0.25) is 0 Å². The minimum Gasteiger partial charge on any atom is -0.300 e. The third-order valence-electron chi connectivity index (χ3n) is 2.08. The van der Waals surface area contributed by atoms with Gasteiger partial charge in [-0.1, -0.05) is 13.0 Å². The van der Waals surface area contributed by atoms with Gasteiger partial charge in [-0.05, 0) is 25.8 Å². The Bertz CT molecular complexity index is 254. The monoisotopic (exact) mass is 210 g/mol. The lowest BCUT2D eigenvalue weighted by Gasteiger charge is -1.98. The molecule has 0 aliphatic rings. The number of hydrogen-bond acceptors (Lipinski definition) is 3. The molecule has 0 saturated heterocycles. The lowest BCUT2D eigenvalue weighted by Crippen LogP contribution is -2.04. The molecule has 0 aromatic carbocycles. The van der Waals surface area contributed by atoms with Gasteiger partial charge in [0.25, 0.3) is 0 Å². The summed E-state index contributed by atoms with van der Waals surface area (Å²) >= 11 is 0. The molecule has 0 bridgehead atoms. The van der Waals surface area contributed by atoms with Crippen LogP contribution in [0.3, 0.4) is 0 Å². The van der Waals surface area contributed by atoms with Gasteiger partial charge >= 0.3 is 0 Å². The Morgan fingerprint density at radius 2 is 1.67 bits per heavy atom. The fourth-order valence-electron chi connectivity index (χ4n) is 1.23. The zero-order chi connectivity index (χ0) is 11.7. The van der Waals surface area contributed by atoms with E-state index in [2.05, 4.69) is 6.58 Å². The second-order valence-electron chi connectivity index (χ2n) is 3.65. The van der Waals surface area contributed by atoms with Crippen molar-refractivity contribution in [3.8, 4) is 0 Å². The van der Waals surface area contributed by atoms with E-state index in [4.69, 9.17) is 0 Å². The third kappa shape index (κ3) is 9.06. The Kier molecular flexibility index (Phi) is 7.42. The number of unbranched alkanes of at least 4 members (excludes halogenated alkanes) is 2. The summed E-state index contributed by atoms with van der Waals surface area (Å²) in [7, 11) is 0. The predicted molar refractivity (Wildman–Crippen MR) is 58.6 cm³/mol. The van der Waals surface area contributed by atoms with E-state index in [1.165, 1.54) is 6.08 Å². The van der Waals surface area contributed by atoms with Crippen LogP contribution in [0.15, 0.2) is 12.7 Å². The van der Waals surface area contributed by atoms with Gasteiger partial charge in [0, 0.05) is 12.8 Å². The molecule has 0 aromatic rings. The molecule has 3 nitrogen and oxygen atoms in total. The van der Waals surface area contributed by atoms with Crippen molar-refractivity contribution in [1.29, 1.82) is 0 Å². The first-order valence-electron chi connectivity index (χ1n) is 5.22. The topological polar surface area (TPSA) is 51.2 Å². The van der Waals surface area contributed by atoms with Crippen molar-refractivity contribution in [2.45, 2.75) is 45.4 Å². The van der Waals surface area contributed by atoms with E-state index in [-0.39, 0.29) is 23.8 Å². The summed E-state index contributed by atoms with van der Waals surface area (Å²) in [5, 5.41) is 0. The van der Waals surface area contributed by atoms with Crippen LogP contribution in [0.25, 0.3) is 0 Å². The standard InChI is InChI=1S/C12H18O3/c1-3-11(14)9-12(15)8-6-4-5-7-10(2)13/h3H,1,4-9H2,2H3. The maximum atomic E-state index is 11.2. The normalized spacial score (nSPS) is 9.67. The summed E-state index contributed by atoms with van der Waals surface area (Å²) in [5.74, 6) is -0.0744. The summed E-state index contributed by atoms with van der Waals surface area (Å²) in [6, 6.07) is 0. The molecule has 0 heterocycles. The fraction of sp³-hybridized carbons (Fsp3) is 0.583. The van der Waals surface area contributed by atoms with E-state index < -0.39 is 0 Å². The molecular formula is C12H18O3. The molecule has 0 aliphatic carbocycles. The maximum absolute atomic E-state index is 11.2. The van der Waals surface area contributed by atoms with Crippen molar-refractivity contribution < 1.29 is 14.4 Å². The molecule has 0 spiro atoms. The van der Waals surface area contributed by atoms with E-state index in [0.29, 0.717) is 12.8 Å². The lowest BCUT2D eigenvalue weighted by atomic mass is 10.1. The summed E-state index contributed by atoms with van der Waals surface area (Å²) < 4.78 is 0. The van der Waals surface area contributed by atoms with Crippen LogP contribution in [-0.4, -0.2) is 17.3 Å². The third-order valence-corrected chi connectivity index (χ3v) is 2.08. The highest BCUT2D eigenvalue weighted by Gasteiger charge is 2.05. The van der Waals surface area contributed by atoms with Crippen molar-refractivity contribution in [1.82, 2.24) is 0 Å². The molecule has 0 saturated carbocycles. The number of carbonyl (C=O) groups excluding carboxylic acids is 3. The highest BCUT2D eigenvalue weighted by atomic mass is 16.1. The van der Waals surface area contributed by atoms with Crippen LogP contribution in [0.2, 0.25) is 0 Å². The first-order valence-corrected chi connectivity index (χ1v) is 5.22. The summed E-state index contributed by atoms with van der Waals surface area (Å²) in [4.78, 5) is 32.6. The van der Waals surface area contributed by atoms with Gasteiger partial charge in [-0.25, -0.2) is 0 Å². The highest BCUT2D eigenvalue weighted by Crippen LogP contribution is 2.05. The number of ketones is 3. The second kappa shape index (κ2) is 8.09. The van der Waals surface area contributed by atoms with Crippen molar-refractivity contribution >= 4 is 17.3 Å². The predicted octanol–water partition coefficient (Wildman–Crippen LogP) is 2.24. The van der Waals surface area contributed by atoms with Gasteiger partial charge in [-0.2, -0.15) is 0 Å². The minimum absolute atomic E-state index is 0.0315. The largest absolute Gasteiger partial charge is 0.300 e. The Morgan fingerprint density at radius 3 is 2.20 bits per heavy atom. The van der Waals surface area contributed by atoms with Crippen LogP contribution in [-0.2, 0) is 14.4 Å². The molecule has 0 aromatic heterocycles. The van der Waals surface area contributed by atoms with Crippen LogP contribution in [0.4, 0.5) is 0 Å². The molecule has 0 amide bonds. The molecule has 0 fully saturated rings. The van der Waals surface area contributed by atoms with Gasteiger partial charge in [0.05, 0.1) is 6.42 Å². The van der Waals surface area contributed by atoms with Crippen LogP contribution in [0, 0.1) is 0 Å². The number of allylic oxidation sites excluding steroid dienone is 1. The van der Waals surface area contributed by atoms with Crippen LogP contribution >= 0.6 is 0 Å². The Morgan fingerprint density at radius 1 is 1.07 bits per heavy atom. The quantitative estimate of drug-likeness (QED) is 0.333. The molecule has 0 aliphatic heterocycles. The van der Waals surface area contributed by atoms with Crippen LogP contribution < -0.4 is 0 Å². The number of Topliss-reactive ketones (excluding diaryl/α,β-unsaturated/α-hetero) is 2. The first-order chi connectivity index (χ1) is 7.06. The second-order valence-corrected chi connectivity index (χ2v) is 3.65. The minimum atomic E-state index is -0.219. The number of rotatable bonds is 9. The van der Waals surface area contributed by atoms with Gasteiger partial charge in [0.15, 0.2) is 5.78 Å². The van der Waals surface area contributed by atoms with E-state index in [1.807, 2.05) is 0 Å². The van der Waals surface area contributed by atoms with E-state index in [9.17, 15) is 14.4 Å². The zero-order valence-corrected chi connectivity index (χ0v) is 9.25. The molecule has 84 valence electrons. The number of hydrogen-bond donors (Lipinski definition) is 0. The Hall–Kier alpha value is -1.25. The van der Waals surface area contributed by atoms with Crippen LogP contribution in [0.5, 0.6) is 0 Å². The van der Waals surface area contributed by atoms with Crippen molar-refractivity contribution in [3.63, 3.8) is 0 Å². The van der Waals surface area contributed by atoms with E-state index in [1.54, 1.807) is 6.92 Å². The first kappa shape index (κ1) is 13.8. The molecule has 0 unspecified atom stereocenters.